The Morgan fingerprint density at radius 2 is 2.00 bits per heavy atom. The van der Waals surface area contributed by atoms with Gasteiger partial charge in [-0.15, -0.1) is 11.3 Å². The van der Waals surface area contributed by atoms with Crippen LogP contribution in [-0.4, -0.2) is 82.2 Å². The van der Waals surface area contributed by atoms with E-state index in [1.165, 1.54) is 40.5 Å². The van der Waals surface area contributed by atoms with Gasteiger partial charge in [-0.3, -0.25) is 9.52 Å². The standard InChI is InChI=1S/C21H29N3O7S3/c1-14-11-24(15(2)13-25)21(26)17-10-16(22-34(29,30)20-6-5-9-32-20)7-8-18(17)31-19(14)12-23(3)33(4,27)28/h5-10,14-15,19,22,25H,11-13H2,1-4H3/t14-,15-,19+/m0/s1. The van der Waals surface area contributed by atoms with Gasteiger partial charge in [0.1, 0.15) is 16.1 Å². The molecule has 2 heterocycles. The van der Waals surface area contributed by atoms with Gasteiger partial charge in [0.15, 0.2) is 0 Å². The van der Waals surface area contributed by atoms with Crippen LogP contribution in [0.3, 0.4) is 0 Å². The van der Waals surface area contributed by atoms with Crippen LogP contribution in [0.5, 0.6) is 5.75 Å². The van der Waals surface area contributed by atoms with Gasteiger partial charge in [0.2, 0.25) is 10.0 Å². The third-order valence-electron chi connectivity index (χ3n) is 5.68. The van der Waals surface area contributed by atoms with Crippen LogP contribution >= 0.6 is 11.3 Å². The predicted octanol–water partition coefficient (Wildman–Crippen LogP) is 1.66. The molecule has 2 aromatic rings. The van der Waals surface area contributed by atoms with Crippen molar-refractivity contribution in [3.8, 4) is 5.75 Å². The lowest BCUT2D eigenvalue weighted by Crippen LogP contribution is -2.50. The molecular formula is C21H29N3O7S3. The molecule has 3 rings (SSSR count). The lowest BCUT2D eigenvalue weighted by molar-refractivity contribution is 0.0387. The zero-order valence-corrected chi connectivity index (χ0v) is 21.8. The Kier molecular flexibility index (Phi) is 7.92. The molecule has 0 fully saturated rings. The Labute approximate surface area is 204 Å². The van der Waals surface area contributed by atoms with E-state index in [9.17, 15) is 26.7 Å². The number of thiophene rings is 1. The third kappa shape index (κ3) is 5.89. The molecule has 1 aromatic carbocycles. The Hall–Kier alpha value is -2.19. The highest BCUT2D eigenvalue weighted by Crippen LogP contribution is 2.31. The van der Waals surface area contributed by atoms with E-state index >= 15 is 0 Å². The number of hydrogen-bond donors (Lipinski definition) is 2. The Morgan fingerprint density at radius 1 is 1.29 bits per heavy atom. The third-order valence-corrected chi connectivity index (χ3v) is 9.74. The van der Waals surface area contributed by atoms with Crippen LogP contribution in [0.2, 0.25) is 0 Å². The van der Waals surface area contributed by atoms with Gasteiger partial charge in [0.05, 0.1) is 31.0 Å². The number of rotatable bonds is 8. The summed E-state index contributed by atoms with van der Waals surface area (Å²) in [4.78, 5) is 14.9. The molecule has 0 spiro atoms. The number of ether oxygens (including phenoxy) is 1. The summed E-state index contributed by atoms with van der Waals surface area (Å²) in [5, 5.41) is 11.4. The molecule has 10 nitrogen and oxygen atoms in total. The van der Waals surface area contributed by atoms with E-state index in [1.54, 1.807) is 18.4 Å². The maximum absolute atomic E-state index is 13.4. The molecule has 1 aromatic heterocycles. The fourth-order valence-electron chi connectivity index (χ4n) is 3.51. The Morgan fingerprint density at radius 3 is 2.59 bits per heavy atom. The lowest BCUT2D eigenvalue weighted by Gasteiger charge is -2.38. The maximum Gasteiger partial charge on any atom is 0.271 e. The Balaban J connectivity index is 2.01. The Bertz CT molecular complexity index is 1230. The van der Waals surface area contributed by atoms with Gasteiger partial charge in [-0.25, -0.2) is 21.1 Å². The first-order chi connectivity index (χ1) is 15.8. The summed E-state index contributed by atoms with van der Waals surface area (Å²) in [6.45, 7) is 3.55. The monoisotopic (exact) mass is 531 g/mol. The van der Waals surface area contributed by atoms with Crippen molar-refractivity contribution in [1.82, 2.24) is 9.21 Å². The highest BCUT2D eigenvalue weighted by atomic mass is 32.2. The summed E-state index contributed by atoms with van der Waals surface area (Å²) in [7, 11) is -5.84. The van der Waals surface area contributed by atoms with Crippen LogP contribution in [0.1, 0.15) is 24.2 Å². The van der Waals surface area contributed by atoms with E-state index in [1.807, 2.05) is 6.92 Å². The molecule has 3 atom stereocenters. The van der Waals surface area contributed by atoms with Crippen LogP contribution in [0.4, 0.5) is 5.69 Å². The molecule has 0 saturated carbocycles. The van der Waals surface area contributed by atoms with Gasteiger partial charge in [-0.05, 0) is 36.6 Å². The quantitative estimate of drug-likeness (QED) is 0.529. The molecule has 1 amide bonds. The normalized spacial score (nSPS) is 20.3. The molecule has 0 saturated heterocycles. The fraction of sp³-hybridized carbons (Fsp3) is 0.476. The van der Waals surface area contributed by atoms with E-state index in [-0.39, 0.29) is 46.8 Å². The van der Waals surface area contributed by atoms with Crippen molar-refractivity contribution in [3.05, 3.63) is 41.3 Å². The van der Waals surface area contributed by atoms with Crippen molar-refractivity contribution in [2.24, 2.45) is 5.92 Å². The molecule has 1 aliphatic rings. The van der Waals surface area contributed by atoms with Crippen LogP contribution in [0.25, 0.3) is 0 Å². The molecule has 188 valence electrons. The molecule has 0 bridgehead atoms. The summed E-state index contributed by atoms with van der Waals surface area (Å²) in [5.41, 5.74) is 0.296. The van der Waals surface area contributed by atoms with Crippen LogP contribution in [0, 0.1) is 5.92 Å². The number of nitrogens with one attached hydrogen (secondary N) is 1. The molecule has 0 unspecified atom stereocenters. The summed E-state index contributed by atoms with van der Waals surface area (Å²) in [5.74, 6) is -0.472. The number of hydrogen-bond acceptors (Lipinski definition) is 8. The van der Waals surface area contributed by atoms with Gasteiger partial charge in [0.25, 0.3) is 15.9 Å². The number of benzene rings is 1. The summed E-state index contributed by atoms with van der Waals surface area (Å²) in [6, 6.07) is 6.96. The predicted molar refractivity (Wildman–Crippen MR) is 130 cm³/mol. The fourth-order valence-corrected chi connectivity index (χ4v) is 5.97. The highest BCUT2D eigenvalue weighted by Gasteiger charge is 2.34. The first kappa shape index (κ1) is 26.4. The molecular weight excluding hydrogens is 502 g/mol. The van der Waals surface area contributed by atoms with Crippen molar-refractivity contribution in [2.75, 3.05) is 37.7 Å². The summed E-state index contributed by atoms with van der Waals surface area (Å²) >= 11 is 1.07. The van der Waals surface area contributed by atoms with Crippen LogP contribution in [-0.2, 0) is 20.0 Å². The number of anilines is 1. The maximum atomic E-state index is 13.4. The number of aliphatic hydroxyl groups excluding tert-OH is 1. The van der Waals surface area contributed by atoms with Gasteiger partial charge in [0, 0.05) is 25.2 Å². The first-order valence-electron chi connectivity index (χ1n) is 10.5. The minimum absolute atomic E-state index is 0.0573. The highest BCUT2D eigenvalue weighted by molar-refractivity contribution is 7.94. The number of carbonyl (C=O) groups is 1. The first-order valence-corrected chi connectivity index (χ1v) is 14.7. The second-order valence-electron chi connectivity index (χ2n) is 8.41. The minimum atomic E-state index is -3.83. The number of sulfonamides is 2. The SMILES string of the molecule is C[C@H]1CN([C@@H](C)CO)C(=O)c2cc(NS(=O)(=O)c3cccs3)ccc2O[C@@H]1CN(C)S(C)(=O)=O. The molecule has 0 radical (unpaired) electrons. The average molecular weight is 532 g/mol. The van der Waals surface area contributed by atoms with Crippen LogP contribution < -0.4 is 9.46 Å². The smallest absolute Gasteiger partial charge is 0.271 e. The van der Waals surface area contributed by atoms with Gasteiger partial charge in [-0.2, -0.15) is 0 Å². The second-order valence-corrected chi connectivity index (χ2v) is 13.4. The zero-order valence-electron chi connectivity index (χ0n) is 19.3. The second kappa shape index (κ2) is 10.2. The number of likely N-dealkylation sites (N-methyl/N-ethyl adjacent to an activating group) is 1. The van der Waals surface area contributed by atoms with E-state index in [2.05, 4.69) is 4.72 Å². The summed E-state index contributed by atoms with van der Waals surface area (Å²) < 4.78 is 59.1. The average Bonchev–Trinajstić information content (AvgIpc) is 3.31. The van der Waals surface area contributed by atoms with Crippen molar-refractivity contribution in [3.63, 3.8) is 0 Å². The van der Waals surface area contributed by atoms with E-state index in [0.717, 1.165) is 17.6 Å². The zero-order chi connectivity index (χ0) is 25.3. The van der Waals surface area contributed by atoms with Crippen molar-refractivity contribution >= 4 is 43.0 Å². The van der Waals surface area contributed by atoms with Crippen LogP contribution in [0.15, 0.2) is 39.9 Å². The van der Waals surface area contributed by atoms with Crippen molar-refractivity contribution in [2.45, 2.75) is 30.2 Å². The number of amides is 1. The number of carbonyl (C=O) groups excluding carboxylic acids is 1. The van der Waals surface area contributed by atoms with Crippen molar-refractivity contribution in [1.29, 1.82) is 0 Å². The number of nitrogens with zero attached hydrogens (tertiary/aromatic N) is 2. The lowest BCUT2D eigenvalue weighted by atomic mass is 9.99. The molecule has 13 heteroatoms. The van der Waals surface area contributed by atoms with E-state index < -0.39 is 38.1 Å². The number of fused-ring (bicyclic) bond motifs is 1. The largest absolute Gasteiger partial charge is 0.488 e. The van der Waals surface area contributed by atoms with Gasteiger partial charge >= 0.3 is 0 Å². The summed E-state index contributed by atoms with van der Waals surface area (Å²) in [6.07, 6.45) is 0.512. The molecule has 2 N–H and O–H groups in total. The van der Waals surface area contributed by atoms with E-state index in [0.29, 0.717) is 0 Å². The van der Waals surface area contributed by atoms with Gasteiger partial charge in [-0.1, -0.05) is 13.0 Å². The molecule has 1 aliphatic heterocycles. The topological polar surface area (TPSA) is 133 Å². The number of aliphatic hydroxyl groups is 1. The van der Waals surface area contributed by atoms with Gasteiger partial charge < -0.3 is 14.7 Å². The molecule has 0 aliphatic carbocycles. The minimum Gasteiger partial charge on any atom is -0.488 e. The van der Waals surface area contributed by atoms with E-state index in [4.69, 9.17) is 4.74 Å². The van der Waals surface area contributed by atoms with Crippen molar-refractivity contribution < 1.29 is 31.5 Å². The molecule has 34 heavy (non-hydrogen) atoms.